The predicted molar refractivity (Wildman–Crippen MR) is 33.6 cm³/mol. The highest BCUT2D eigenvalue weighted by atomic mass is 32.1. The zero-order valence-corrected chi connectivity index (χ0v) is 4.65. The Kier molecular flexibility index (Phi) is 843. The molecule has 0 spiro atoms. The molecule has 0 saturated heterocycles. The van der Waals surface area contributed by atoms with Crippen molar-refractivity contribution in [3.63, 3.8) is 0 Å². The SMILES string of the molecule is S.[B]C.[B]C. The van der Waals surface area contributed by atoms with Crippen LogP contribution in [0.1, 0.15) is 0 Å². The van der Waals surface area contributed by atoms with Crippen LogP contribution in [0.4, 0.5) is 0 Å². The third-order valence-corrected chi connectivity index (χ3v) is 0. The second kappa shape index (κ2) is 236. The fourth-order valence-electron chi connectivity index (χ4n) is 0. The minimum Gasteiger partial charge on any atom is -0.197 e. The van der Waals surface area contributed by atoms with E-state index in [4.69, 9.17) is 0 Å². The molecular formula is C2H8B2S. The van der Waals surface area contributed by atoms with Gasteiger partial charge >= 0.3 is 0 Å². The molecule has 0 unspecified atom stereocenters. The van der Waals surface area contributed by atoms with Crippen LogP contribution in [0, 0.1) is 0 Å². The van der Waals surface area contributed by atoms with Crippen LogP contribution in [0.5, 0.6) is 0 Å². The van der Waals surface area contributed by atoms with Gasteiger partial charge in [0.25, 0.3) is 0 Å². The van der Waals surface area contributed by atoms with Gasteiger partial charge in [0, 0.05) is 0 Å². The summed E-state index contributed by atoms with van der Waals surface area (Å²) >= 11 is 0. The molecule has 0 saturated carbocycles. The zero-order valence-electron chi connectivity index (χ0n) is 3.65. The van der Waals surface area contributed by atoms with Crippen molar-refractivity contribution in [3.05, 3.63) is 0 Å². The van der Waals surface area contributed by atoms with Crippen molar-refractivity contribution in [3.8, 4) is 0 Å². The molecule has 28 valence electrons. The Bertz CT molecular complexity index is 7.61. The fraction of sp³-hybridized carbons (Fsp3) is 1.00. The Morgan fingerprint density at radius 3 is 0.800 bits per heavy atom. The fourth-order valence-corrected chi connectivity index (χ4v) is 0. The lowest BCUT2D eigenvalue weighted by Crippen LogP contribution is -1.13. The second-order valence-corrected chi connectivity index (χ2v) is 0. The molecule has 4 radical (unpaired) electrons. The molecule has 0 bridgehead atoms. The van der Waals surface area contributed by atoms with E-state index in [1.54, 1.807) is 0 Å². The number of rotatable bonds is 0. The van der Waals surface area contributed by atoms with Crippen molar-refractivity contribution in [2.45, 2.75) is 13.6 Å². The zero-order chi connectivity index (χ0) is 4.00. The van der Waals surface area contributed by atoms with Crippen LogP contribution in [0.3, 0.4) is 0 Å². The second-order valence-electron chi connectivity index (χ2n) is 0. The maximum atomic E-state index is 4.50. The van der Waals surface area contributed by atoms with E-state index in [-0.39, 0.29) is 13.5 Å². The molecule has 0 atom stereocenters. The first-order chi connectivity index (χ1) is 2.00. The van der Waals surface area contributed by atoms with Crippen molar-refractivity contribution in [2.75, 3.05) is 0 Å². The summed E-state index contributed by atoms with van der Waals surface area (Å²) < 4.78 is 0. The quantitative estimate of drug-likeness (QED) is 0.377. The topological polar surface area (TPSA) is 0 Å². The Balaban J connectivity index is -0.0000000133. The van der Waals surface area contributed by atoms with E-state index in [1.807, 2.05) is 0 Å². The van der Waals surface area contributed by atoms with E-state index < -0.39 is 0 Å². The Hall–Kier alpha value is 0.480. The van der Waals surface area contributed by atoms with E-state index in [9.17, 15) is 0 Å². The molecule has 0 rings (SSSR count). The average Bonchev–Trinajstić information content (AvgIpc) is 1.50. The minimum absolute atomic E-state index is 0. The normalized spacial score (nSPS) is 2.00. The molecule has 5 heavy (non-hydrogen) atoms. The summed E-state index contributed by atoms with van der Waals surface area (Å²) in [5, 5.41) is 0. The summed E-state index contributed by atoms with van der Waals surface area (Å²) in [4.78, 5) is 0. The molecule has 0 aliphatic heterocycles. The number of hydrogen-bond donors (Lipinski definition) is 0. The van der Waals surface area contributed by atoms with Gasteiger partial charge in [-0.2, -0.15) is 13.5 Å². The van der Waals surface area contributed by atoms with Crippen molar-refractivity contribution in [2.24, 2.45) is 0 Å². The third-order valence-electron chi connectivity index (χ3n) is 0. The van der Waals surface area contributed by atoms with Crippen LogP contribution in [0.2, 0.25) is 13.6 Å². The average molecular weight is 85.8 g/mol. The van der Waals surface area contributed by atoms with Crippen LogP contribution in [0.25, 0.3) is 0 Å². The third kappa shape index (κ3) is 120. The smallest absolute Gasteiger partial charge is 0.0606 e. The first-order valence-corrected chi connectivity index (χ1v) is 1.15. The van der Waals surface area contributed by atoms with Crippen LogP contribution < -0.4 is 0 Å². The van der Waals surface area contributed by atoms with Crippen molar-refractivity contribution >= 4 is 29.2 Å². The Morgan fingerprint density at radius 1 is 0.800 bits per heavy atom. The summed E-state index contributed by atoms with van der Waals surface area (Å²) in [7, 11) is 9.00. The molecule has 0 aromatic heterocycles. The van der Waals surface area contributed by atoms with E-state index in [2.05, 4.69) is 15.7 Å². The van der Waals surface area contributed by atoms with Crippen LogP contribution in [-0.4, -0.2) is 15.7 Å². The molecule has 0 aliphatic rings. The highest BCUT2D eigenvalue weighted by Crippen LogP contribution is 0.962. The lowest BCUT2D eigenvalue weighted by atomic mass is 10.2. The summed E-state index contributed by atoms with van der Waals surface area (Å²) in [5.74, 6) is 0. The van der Waals surface area contributed by atoms with Crippen molar-refractivity contribution < 1.29 is 0 Å². The van der Waals surface area contributed by atoms with E-state index in [1.165, 1.54) is 13.6 Å². The summed E-state index contributed by atoms with van der Waals surface area (Å²) in [6.45, 7) is 3.00. The van der Waals surface area contributed by atoms with Gasteiger partial charge in [0.15, 0.2) is 0 Å². The van der Waals surface area contributed by atoms with Gasteiger partial charge in [0.1, 0.15) is 0 Å². The summed E-state index contributed by atoms with van der Waals surface area (Å²) in [6.07, 6.45) is 0. The standard InChI is InChI=1S/2CH3B.H2S/c2*1-2;/h2*1H3;1H2. The molecule has 0 aliphatic carbocycles. The molecule has 0 amide bonds. The van der Waals surface area contributed by atoms with Crippen LogP contribution >= 0.6 is 13.5 Å². The first kappa shape index (κ1) is 17.9. The Morgan fingerprint density at radius 2 is 0.800 bits per heavy atom. The maximum absolute atomic E-state index is 4.50. The van der Waals surface area contributed by atoms with Crippen molar-refractivity contribution in [1.29, 1.82) is 0 Å². The monoisotopic (exact) mass is 86.1 g/mol. The molecule has 0 N–H and O–H groups in total. The van der Waals surface area contributed by atoms with Gasteiger partial charge in [-0.15, -0.1) is 0 Å². The lowest BCUT2D eigenvalue weighted by Gasteiger charge is -1.02. The molecule has 3 heteroatoms. The molecular weight excluding hydrogens is 77.7 g/mol. The molecule has 0 aromatic carbocycles. The molecule has 0 nitrogen and oxygen atoms in total. The molecule has 0 fully saturated rings. The van der Waals surface area contributed by atoms with Gasteiger partial charge in [-0.25, -0.2) is 0 Å². The van der Waals surface area contributed by atoms with Gasteiger partial charge in [-0.3, -0.25) is 0 Å². The van der Waals surface area contributed by atoms with Crippen LogP contribution in [-0.2, 0) is 0 Å². The predicted octanol–water partition coefficient (Wildman–Crippen LogP) is 0.519. The van der Waals surface area contributed by atoms with E-state index in [0.29, 0.717) is 0 Å². The largest absolute Gasteiger partial charge is 0.197 e. The van der Waals surface area contributed by atoms with Gasteiger partial charge in [0.05, 0.1) is 15.7 Å². The molecule has 0 aromatic rings. The van der Waals surface area contributed by atoms with Gasteiger partial charge in [-0.1, -0.05) is 13.6 Å². The summed E-state index contributed by atoms with van der Waals surface area (Å²) in [6, 6.07) is 0. The Labute approximate surface area is 43.6 Å². The summed E-state index contributed by atoms with van der Waals surface area (Å²) in [5.41, 5.74) is 0. The van der Waals surface area contributed by atoms with Gasteiger partial charge in [-0.05, 0) is 0 Å². The highest BCUT2D eigenvalue weighted by Gasteiger charge is 0.986. The minimum atomic E-state index is 0. The number of hydrogen-bond acceptors (Lipinski definition) is 0. The van der Waals surface area contributed by atoms with Crippen LogP contribution in [0.15, 0.2) is 0 Å². The van der Waals surface area contributed by atoms with E-state index >= 15 is 0 Å². The lowest BCUT2D eigenvalue weighted by molar-refractivity contribution is 2.39. The van der Waals surface area contributed by atoms with Gasteiger partial charge in [0.2, 0.25) is 0 Å². The molecule has 0 heterocycles. The van der Waals surface area contributed by atoms with E-state index in [0.717, 1.165) is 0 Å². The highest BCUT2D eigenvalue weighted by molar-refractivity contribution is 7.59. The van der Waals surface area contributed by atoms with Crippen molar-refractivity contribution in [1.82, 2.24) is 0 Å². The first-order valence-electron chi connectivity index (χ1n) is 1.15. The van der Waals surface area contributed by atoms with Gasteiger partial charge < -0.3 is 0 Å². The maximum Gasteiger partial charge on any atom is 0.0606 e.